The molecule has 0 saturated carbocycles. The molecule has 152 valence electrons. The van der Waals surface area contributed by atoms with Crippen LogP contribution in [0.3, 0.4) is 0 Å². The summed E-state index contributed by atoms with van der Waals surface area (Å²) >= 11 is 3.28. The Bertz CT molecular complexity index is 947. The number of hydrogen-bond acceptors (Lipinski definition) is 6. The average Bonchev–Trinajstić information content (AvgIpc) is 3.35. The van der Waals surface area contributed by atoms with Gasteiger partial charge in [0, 0.05) is 43.1 Å². The van der Waals surface area contributed by atoms with Gasteiger partial charge in [-0.1, -0.05) is 30.3 Å². The fraction of sp³-hybridized carbons (Fsp3) is 0.476. The minimum absolute atomic E-state index is 0.0904. The van der Waals surface area contributed by atoms with Gasteiger partial charge >= 0.3 is 0 Å². The molecule has 3 aliphatic rings. The second-order valence-corrected chi connectivity index (χ2v) is 10.7. The van der Waals surface area contributed by atoms with E-state index in [-0.39, 0.29) is 16.7 Å². The van der Waals surface area contributed by atoms with Crippen LogP contribution in [0, 0.1) is 0 Å². The molecule has 0 aliphatic carbocycles. The zero-order valence-corrected chi connectivity index (χ0v) is 18.0. The first kappa shape index (κ1) is 19.1. The molecular weight excluding hydrogens is 404 g/mol. The number of thiazole rings is 1. The summed E-state index contributed by atoms with van der Waals surface area (Å²) < 4.78 is 0. The lowest BCUT2D eigenvalue weighted by atomic mass is 10.1. The quantitative estimate of drug-likeness (QED) is 0.811. The van der Waals surface area contributed by atoms with E-state index in [9.17, 15) is 9.59 Å². The number of nitrogens with one attached hydrogen (secondary N) is 1. The predicted octanol–water partition coefficient (Wildman–Crippen LogP) is 3.09. The number of aromatic nitrogens is 1. The summed E-state index contributed by atoms with van der Waals surface area (Å²) in [6.07, 6.45) is 2.26. The van der Waals surface area contributed by atoms with Gasteiger partial charge < -0.3 is 10.2 Å². The Kier molecular flexibility index (Phi) is 4.88. The molecule has 1 aromatic carbocycles. The molecule has 0 radical (unpaired) electrons. The van der Waals surface area contributed by atoms with Crippen molar-refractivity contribution >= 4 is 40.0 Å². The highest BCUT2D eigenvalue weighted by atomic mass is 32.2. The average molecular weight is 429 g/mol. The normalized spacial score (nSPS) is 26.4. The maximum atomic E-state index is 12.9. The topological polar surface area (TPSA) is 65.5 Å². The molecule has 3 aliphatic heterocycles. The monoisotopic (exact) mass is 428 g/mol. The summed E-state index contributed by atoms with van der Waals surface area (Å²) in [5.74, 6) is 0.639. The van der Waals surface area contributed by atoms with Crippen LogP contribution < -0.4 is 5.32 Å². The van der Waals surface area contributed by atoms with E-state index < -0.39 is 6.04 Å². The van der Waals surface area contributed by atoms with E-state index in [1.54, 1.807) is 28.0 Å². The van der Waals surface area contributed by atoms with E-state index in [4.69, 9.17) is 0 Å². The Labute approximate surface area is 178 Å². The Morgan fingerprint density at radius 1 is 1.31 bits per heavy atom. The van der Waals surface area contributed by atoms with Crippen LogP contribution in [0.1, 0.15) is 35.9 Å². The zero-order chi connectivity index (χ0) is 20.0. The lowest BCUT2D eigenvalue weighted by Gasteiger charge is -2.29. The van der Waals surface area contributed by atoms with Gasteiger partial charge in [-0.3, -0.25) is 14.5 Å². The largest absolute Gasteiger partial charge is 0.315 e. The molecule has 5 rings (SSSR count). The van der Waals surface area contributed by atoms with Gasteiger partial charge in [0.05, 0.1) is 10.6 Å². The Morgan fingerprint density at radius 3 is 2.97 bits per heavy atom. The first-order valence-corrected chi connectivity index (χ1v) is 11.8. The number of thioether (sulfide) groups is 1. The van der Waals surface area contributed by atoms with Crippen molar-refractivity contribution < 1.29 is 9.59 Å². The molecule has 2 amide bonds. The summed E-state index contributed by atoms with van der Waals surface area (Å²) in [5, 5.41) is 3.66. The van der Waals surface area contributed by atoms with E-state index in [0.29, 0.717) is 17.3 Å². The van der Waals surface area contributed by atoms with E-state index in [0.717, 1.165) is 38.2 Å². The standard InChI is InChI=1S/C21H24N4O2S2/c1-21-9-7-18(26)25(21)16(13-28-21)19(27)23-20-22-15-8-10-24(12-17(15)29-20)11-14-5-3-2-4-6-14/h2-6,16H,7-13H2,1H3,(H,22,23,27). The van der Waals surface area contributed by atoms with Crippen LogP contribution in [0.15, 0.2) is 30.3 Å². The molecule has 2 saturated heterocycles. The van der Waals surface area contributed by atoms with Crippen molar-refractivity contribution in [3.8, 4) is 0 Å². The van der Waals surface area contributed by atoms with Gasteiger partial charge in [-0.15, -0.1) is 23.1 Å². The van der Waals surface area contributed by atoms with Gasteiger partial charge in [-0.25, -0.2) is 4.98 Å². The van der Waals surface area contributed by atoms with E-state index >= 15 is 0 Å². The second-order valence-electron chi connectivity index (χ2n) is 8.09. The minimum atomic E-state index is -0.393. The summed E-state index contributed by atoms with van der Waals surface area (Å²) in [6.45, 7) is 4.83. The molecule has 2 aromatic rings. The van der Waals surface area contributed by atoms with Gasteiger partial charge in [0.25, 0.3) is 0 Å². The van der Waals surface area contributed by atoms with Crippen molar-refractivity contribution in [3.05, 3.63) is 46.5 Å². The van der Waals surface area contributed by atoms with Gasteiger partial charge in [0.15, 0.2) is 5.13 Å². The van der Waals surface area contributed by atoms with E-state index in [2.05, 4.69) is 46.4 Å². The fourth-order valence-corrected chi connectivity index (χ4v) is 6.97. The molecule has 0 spiro atoms. The highest BCUT2D eigenvalue weighted by molar-refractivity contribution is 8.01. The third kappa shape index (κ3) is 3.58. The lowest BCUT2D eigenvalue weighted by molar-refractivity contribution is -0.135. The zero-order valence-electron chi connectivity index (χ0n) is 16.4. The van der Waals surface area contributed by atoms with Crippen LogP contribution >= 0.6 is 23.1 Å². The number of anilines is 1. The maximum Gasteiger partial charge on any atom is 0.249 e. The Balaban J connectivity index is 1.25. The molecule has 6 nitrogen and oxygen atoms in total. The third-order valence-corrected chi connectivity index (χ3v) is 8.54. The first-order valence-electron chi connectivity index (χ1n) is 10.0. The fourth-order valence-electron chi connectivity index (χ4n) is 4.48. The Morgan fingerprint density at radius 2 is 2.14 bits per heavy atom. The van der Waals surface area contributed by atoms with Crippen molar-refractivity contribution in [3.63, 3.8) is 0 Å². The second kappa shape index (κ2) is 7.41. The summed E-state index contributed by atoms with van der Waals surface area (Å²) in [5.41, 5.74) is 2.41. The van der Waals surface area contributed by atoms with Crippen LogP contribution in [0.2, 0.25) is 0 Å². The van der Waals surface area contributed by atoms with Crippen LogP contribution in [-0.2, 0) is 29.1 Å². The van der Waals surface area contributed by atoms with Gasteiger partial charge in [0.2, 0.25) is 11.8 Å². The number of nitrogens with zero attached hydrogens (tertiary/aromatic N) is 3. The highest BCUT2D eigenvalue weighted by Crippen LogP contribution is 2.47. The van der Waals surface area contributed by atoms with Gasteiger partial charge in [-0.2, -0.15) is 0 Å². The molecular formula is C21H24N4O2S2. The summed E-state index contributed by atoms with van der Waals surface area (Å²) in [7, 11) is 0. The minimum Gasteiger partial charge on any atom is -0.315 e. The predicted molar refractivity (Wildman–Crippen MR) is 116 cm³/mol. The molecule has 1 N–H and O–H groups in total. The number of carbonyl (C=O) groups is 2. The van der Waals surface area contributed by atoms with Crippen molar-refractivity contribution in [2.45, 2.75) is 50.2 Å². The Hall–Kier alpha value is -1.90. The third-order valence-electron chi connectivity index (χ3n) is 6.04. The molecule has 29 heavy (non-hydrogen) atoms. The number of rotatable bonds is 4. The first-order chi connectivity index (χ1) is 14.0. The number of carbonyl (C=O) groups excluding carboxylic acids is 2. The van der Waals surface area contributed by atoms with Crippen LogP contribution in [-0.4, -0.2) is 49.8 Å². The van der Waals surface area contributed by atoms with Crippen molar-refractivity contribution in [1.29, 1.82) is 0 Å². The molecule has 2 fully saturated rings. The molecule has 1 aromatic heterocycles. The maximum absolute atomic E-state index is 12.9. The number of benzene rings is 1. The number of amides is 2. The molecule has 4 heterocycles. The number of fused-ring (bicyclic) bond motifs is 2. The molecule has 0 bridgehead atoms. The summed E-state index contributed by atoms with van der Waals surface area (Å²) in [6, 6.07) is 10.1. The molecule has 2 unspecified atom stereocenters. The smallest absolute Gasteiger partial charge is 0.249 e. The van der Waals surface area contributed by atoms with Crippen LogP contribution in [0.25, 0.3) is 0 Å². The lowest BCUT2D eigenvalue weighted by Crippen LogP contribution is -2.48. The van der Waals surface area contributed by atoms with Crippen LogP contribution in [0.4, 0.5) is 5.13 Å². The molecule has 8 heteroatoms. The highest BCUT2D eigenvalue weighted by Gasteiger charge is 2.53. The molecule has 2 atom stereocenters. The van der Waals surface area contributed by atoms with E-state index in [1.165, 1.54) is 10.4 Å². The van der Waals surface area contributed by atoms with Gasteiger partial charge in [-0.05, 0) is 18.9 Å². The van der Waals surface area contributed by atoms with Crippen molar-refractivity contribution in [2.75, 3.05) is 17.6 Å². The van der Waals surface area contributed by atoms with E-state index in [1.807, 2.05) is 6.07 Å². The SMILES string of the molecule is CC12CCC(=O)N1C(C(=O)Nc1nc3c(s1)CN(Cc1ccccc1)CC3)CS2. The van der Waals surface area contributed by atoms with Crippen molar-refractivity contribution in [1.82, 2.24) is 14.8 Å². The number of hydrogen-bond donors (Lipinski definition) is 1. The summed E-state index contributed by atoms with van der Waals surface area (Å²) in [4.78, 5) is 35.1. The van der Waals surface area contributed by atoms with Crippen molar-refractivity contribution in [2.24, 2.45) is 0 Å². The van der Waals surface area contributed by atoms with Gasteiger partial charge in [0.1, 0.15) is 6.04 Å². The van der Waals surface area contributed by atoms with Crippen LogP contribution in [0.5, 0.6) is 0 Å².